The average Bonchev–Trinajstić information content (AvgIpc) is 2.91. The number of nitrogens with two attached hydrogens (primary N) is 1. The number of hydrogen-bond acceptors (Lipinski definition) is 4. The van der Waals surface area contributed by atoms with E-state index >= 15 is 0 Å². The van der Waals surface area contributed by atoms with Crippen molar-refractivity contribution in [2.75, 3.05) is 17.7 Å². The molecule has 0 aliphatic rings. The Bertz CT molecular complexity index is 814. The molecule has 98 valence electrons. The molecule has 0 aliphatic heterocycles. The highest BCUT2D eigenvalue weighted by atomic mass is 16.3. The number of nitrogen functional groups attached to an aromatic ring is 1. The van der Waals surface area contributed by atoms with E-state index in [9.17, 15) is 0 Å². The van der Waals surface area contributed by atoms with Gasteiger partial charge < -0.3 is 15.1 Å². The largest absolute Gasteiger partial charge is 0.462 e. The van der Waals surface area contributed by atoms with Crippen molar-refractivity contribution in [1.82, 2.24) is 0 Å². The van der Waals surface area contributed by atoms with Crippen molar-refractivity contribution in [3.05, 3.63) is 54.3 Å². The summed E-state index contributed by atoms with van der Waals surface area (Å²) < 4.78 is 5.54. The van der Waals surface area contributed by atoms with Crippen molar-refractivity contribution < 1.29 is 4.42 Å². The molecule has 0 amide bonds. The Labute approximate surface area is 116 Å². The highest BCUT2D eigenvalue weighted by Gasteiger charge is 2.14. The minimum Gasteiger partial charge on any atom is -0.462 e. The van der Waals surface area contributed by atoms with Gasteiger partial charge in [0.15, 0.2) is 0 Å². The monoisotopic (exact) mass is 263 g/mol. The first-order valence-electron chi connectivity index (χ1n) is 6.20. The summed E-state index contributed by atoms with van der Waals surface area (Å²) in [4.78, 5) is 1.93. The third-order valence-electron chi connectivity index (χ3n) is 3.34. The summed E-state index contributed by atoms with van der Waals surface area (Å²) >= 11 is 0. The Morgan fingerprint density at radius 2 is 1.95 bits per heavy atom. The number of rotatable bonds is 2. The number of para-hydroxylation sites is 1. The summed E-state index contributed by atoms with van der Waals surface area (Å²) in [6, 6.07) is 15.2. The van der Waals surface area contributed by atoms with Crippen LogP contribution in [0.3, 0.4) is 0 Å². The number of nitrogens with zero attached hydrogens (tertiary/aromatic N) is 2. The second-order valence-corrected chi connectivity index (χ2v) is 4.56. The van der Waals surface area contributed by atoms with E-state index in [1.807, 2.05) is 36.2 Å². The van der Waals surface area contributed by atoms with Crippen LogP contribution in [0, 0.1) is 11.3 Å². The topological polar surface area (TPSA) is 66.2 Å². The zero-order valence-corrected chi connectivity index (χ0v) is 11.0. The molecule has 0 spiro atoms. The molecule has 1 aromatic heterocycles. The van der Waals surface area contributed by atoms with Gasteiger partial charge >= 0.3 is 0 Å². The van der Waals surface area contributed by atoms with Gasteiger partial charge in [-0.25, -0.2) is 0 Å². The van der Waals surface area contributed by atoms with Crippen LogP contribution in [-0.2, 0) is 0 Å². The van der Waals surface area contributed by atoms with E-state index in [0.29, 0.717) is 11.3 Å². The molecular weight excluding hydrogens is 250 g/mol. The Kier molecular flexibility index (Phi) is 2.81. The van der Waals surface area contributed by atoms with Crippen molar-refractivity contribution in [2.45, 2.75) is 0 Å². The Morgan fingerprint density at radius 3 is 2.75 bits per heavy atom. The molecule has 4 heteroatoms. The van der Waals surface area contributed by atoms with E-state index in [-0.39, 0.29) is 0 Å². The number of benzene rings is 2. The molecule has 0 fully saturated rings. The normalized spacial score (nSPS) is 10.4. The summed E-state index contributed by atoms with van der Waals surface area (Å²) in [5.74, 6) is 0. The van der Waals surface area contributed by atoms with E-state index < -0.39 is 0 Å². The standard InChI is InChI=1S/C16H13N3O/c1-19(14-8-11(9-17)6-7-13(14)18)15-10-20-16-5-3-2-4-12(15)16/h2-8,10H,18H2,1H3. The molecule has 0 bridgehead atoms. The number of fused-ring (bicyclic) bond motifs is 1. The fraction of sp³-hybridized carbons (Fsp3) is 0.0625. The number of furan rings is 1. The minimum atomic E-state index is 0.578. The average molecular weight is 263 g/mol. The second-order valence-electron chi connectivity index (χ2n) is 4.56. The first-order chi connectivity index (χ1) is 9.70. The second kappa shape index (κ2) is 4.63. The molecule has 4 nitrogen and oxygen atoms in total. The van der Waals surface area contributed by atoms with E-state index in [0.717, 1.165) is 22.3 Å². The maximum atomic E-state index is 9.01. The molecule has 0 atom stereocenters. The molecule has 3 aromatic rings. The number of anilines is 3. The van der Waals surface area contributed by atoms with Crippen LogP contribution in [0.4, 0.5) is 17.1 Å². The van der Waals surface area contributed by atoms with Crippen LogP contribution in [0.2, 0.25) is 0 Å². The lowest BCUT2D eigenvalue weighted by Gasteiger charge is -2.20. The molecule has 0 unspecified atom stereocenters. The van der Waals surface area contributed by atoms with Gasteiger partial charge in [-0.1, -0.05) is 12.1 Å². The maximum Gasteiger partial charge on any atom is 0.136 e. The molecule has 20 heavy (non-hydrogen) atoms. The summed E-state index contributed by atoms with van der Waals surface area (Å²) in [5.41, 5.74) is 9.74. The van der Waals surface area contributed by atoms with Crippen molar-refractivity contribution in [3.63, 3.8) is 0 Å². The van der Waals surface area contributed by atoms with Gasteiger partial charge in [-0.2, -0.15) is 5.26 Å². The lowest BCUT2D eigenvalue weighted by atomic mass is 10.1. The van der Waals surface area contributed by atoms with Crippen molar-refractivity contribution in [3.8, 4) is 6.07 Å². The summed E-state index contributed by atoms with van der Waals surface area (Å²) in [6.45, 7) is 0. The van der Waals surface area contributed by atoms with Crippen molar-refractivity contribution >= 4 is 28.0 Å². The first-order valence-corrected chi connectivity index (χ1v) is 6.20. The van der Waals surface area contributed by atoms with Crippen LogP contribution < -0.4 is 10.6 Å². The highest BCUT2D eigenvalue weighted by molar-refractivity contribution is 5.94. The van der Waals surface area contributed by atoms with Crippen LogP contribution >= 0.6 is 0 Å². The van der Waals surface area contributed by atoms with Gasteiger partial charge in [-0.05, 0) is 30.3 Å². The molecule has 1 heterocycles. The van der Waals surface area contributed by atoms with Crippen molar-refractivity contribution in [2.24, 2.45) is 0 Å². The molecule has 0 saturated heterocycles. The smallest absolute Gasteiger partial charge is 0.136 e. The number of nitriles is 1. The van der Waals surface area contributed by atoms with Crippen LogP contribution in [0.15, 0.2) is 53.1 Å². The zero-order valence-electron chi connectivity index (χ0n) is 11.0. The number of hydrogen-bond donors (Lipinski definition) is 1. The maximum absolute atomic E-state index is 9.01. The summed E-state index contributed by atoms with van der Waals surface area (Å²) in [7, 11) is 1.91. The molecule has 0 saturated carbocycles. The quantitative estimate of drug-likeness (QED) is 0.716. The fourth-order valence-corrected chi connectivity index (χ4v) is 2.26. The Balaban J connectivity index is 2.13. The van der Waals surface area contributed by atoms with E-state index in [4.69, 9.17) is 15.4 Å². The third kappa shape index (κ3) is 1.86. The molecule has 2 N–H and O–H groups in total. The van der Waals surface area contributed by atoms with Crippen molar-refractivity contribution in [1.29, 1.82) is 5.26 Å². The first kappa shape index (κ1) is 12.1. The lowest BCUT2D eigenvalue weighted by Crippen LogP contribution is -2.11. The predicted molar refractivity (Wildman–Crippen MR) is 79.8 cm³/mol. The van der Waals surface area contributed by atoms with Gasteiger partial charge in [0.25, 0.3) is 0 Å². The highest BCUT2D eigenvalue weighted by Crippen LogP contribution is 2.35. The fourth-order valence-electron chi connectivity index (χ4n) is 2.26. The SMILES string of the molecule is CN(c1cc(C#N)ccc1N)c1coc2ccccc12. The predicted octanol–water partition coefficient (Wildman–Crippen LogP) is 3.65. The van der Waals surface area contributed by atoms with Crippen LogP contribution in [-0.4, -0.2) is 7.05 Å². The summed E-state index contributed by atoms with van der Waals surface area (Å²) in [6.07, 6.45) is 1.70. The Morgan fingerprint density at radius 1 is 1.15 bits per heavy atom. The Hall–Kier alpha value is -2.93. The molecule has 2 aromatic carbocycles. The summed E-state index contributed by atoms with van der Waals surface area (Å²) in [5, 5.41) is 10.0. The van der Waals surface area contributed by atoms with Gasteiger partial charge in [0.2, 0.25) is 0 Å². The van der Waals surface area contributed by atoms with Gasteiger partial charge in [0, 0.05) is 12.4 Å². The third-order valence-corrected chi connectivity index (χ3v) is 3.34. The lowest BCUT2D eigenvalue weighted by molar-refractivity contribution is 0.616. The van der Waals surface area contributed by atoms with Gasteiger partial charge in [-0.15, -0.1) is 0 Å². The molecular formula is C16H13N3O. The van der Waals surface area contributed by atoms with Gasteiger partial charge in [-0.3, -0.25) is 0 Å². The van der Waals surface area contributed by atoms with Gasteiger partial charge in [0.05, 0.1) is 28.7 Å². The zero-order chi connectivity index (χ0) is 14.1. The van der Waals surface area contributed by atoms with Gasteiger partial charge in [0.1, 0.15) is 11.8 Å². The van der Waals surface area contributed by atoms with E-state index in [1.165, 1.54) is 0 Å². The van der Waals surface area contributed by atoms with Crippen LogP contribution in [0.5, 0.6) is 0 Å². The molecule has 0 radical (unpaired) electrons. The minimum absolute atomic E-state index is 0.578. The molecule has 3 rings (SSSR count). The van der Waals surface area contributed by atoms with Crippen LogP contribution in [0.1, 0.15) is 5.56 Å². The van der Waals surface area contributed by atoms with E-state index in [2.05, 4.69) is 6.07 Å². The molecule has 0 aliphatic carbocycles. The van der Waals surface area contributed by atoms with E-state index in [1.54, 1.807) is 24.5 Å². The van der Waals surface area contributed by atoms with Crippen LogP contribution in [0.25, 0.3) is 11.0 Å².